The lowest BCUT2D eigenvalue weighted by Gasteiger charge is -2.16. The third kappa shape index (κ3) is 1.22. The van der Waals surface area contributed by atoms with E-state index >= 15 is 0 Å². The van der Waals surface area contributed by atoms with E-state index in [0.29, 0.717) is 5.92 Å². The maximum atomic E-state index is 2.38. The molecule has 2 aromatic carbocycles. The summed E-state index contributed by atoms with van der Waals surface area (Å²) in [4.78, 5) is 0. The summed E-state index contributed by atoms with van der Waals surface area (Å²) in [5.41, 5.74) is 3.15. The zero-order chi connectivity index (χ0) is 11.1. The topological polar surface area (TPSA) is 0 Å². The van der Waals surface area contributed by atoms with E-state index in [-0.39, 0.29) is 0 Å². The minimum absolute atomic E-state index is 0.695. The van der Waals surface area contributed by atoms with Gasteiger partial charge in [0.2, 0.25) is 0 Å². The molecule has 2 atom stereocenters. The molecule has 2 aromatic rings. The average Bonchev–Trinajstić information content (AvgIpc) is 2.58. The molecule has 0 N–H and O–H groups in total. The van der Waals surface area contributed by atoms with E-state index in [0.717, 1.165) is 5.92 Å². The Bertz CT molecular complexity index is 519. The van der Waals surface area contributed by atoms with Gasteiger partial charge < -0.3 is 0 Å². The third-order valence-electron chi connectivity index (χ3n) is 4.06. The van der Waals surface area contributed by atoms with Crippen molar-refractivity contribution in [3.8, 4) is 0 Å². The van der Waals surface area contributed by atoms with Crippen molar-refractivity contribution in [3.05, 3.63) is 47.5 Å². The SMILES string of the molecule is CCCC1c2cccc3cccc(c23)C1C. The molecule has 1 aliphatic rings. The van der Waals surface area contributed by atoms with Crippen LogP contribution in [-0.2, 0) is 0 Å². The largest absolute Gasteiger partial charge is 0.0654 e. The van der Waals surface area contributed by atoms with Crippen LogP contribution in [0, 0.1) is 0 Å². The van der Waals surface area contributed by atoms with Gasteiger partial charge in [-0.25, -0.2) is 0 Å². The van der Waals surface area contributed by atoms with Crippen LogP contribution in [0.15, 0.2) is 36.4 Å². The standard InChI is InChI=1S/C16H18/c1-3-6-13-11(2)14-9-4-7-12-8-5-10-15(13)16(12)14/h4-5,7-11,13H,3,6H2,1-2H3. The van der Waals surface area contributed by atoms with Gasteiger partial charge in [-0.2, -0.15) is 0 Å². The van der Waals surface area contributed by atoms with E-state index in [1.807, 2.05) is 0 Å². The fraction of sp³-hybridized carbons (Fsp3) is 0.375. The van der Waals surface area contributed by atoms with Crippen LogP contribution in [0.5, 0.6) is 0 Å². The Morgan fingerprint density at radius 3 is 2.38 bits per heavy atom. The van der Waals surface area contributed by atoms with Crippen LogP contribution in [0.4, 0.5) is 0 Å². The molecule has 82 valence electrons. The Labute approximate surface area is 97.3 Å². The number of hydrogen-bond acceptors (Lipinski definition) is 0. The van der Waals surface area contributed by atoms with E-state index in [1.54, 1.807) is 11.1 Å². The van der Waals surface area contributed by atoms with Crippen LogP contribution < -0.4 is 0 Å². The zero-order valence-electron chi connectivity index (χ0n) is 10.0. The molecule has 0 saturated heterocycles. The molecule has 2 unspecified atom stereocenters. The minimum atomic E-state index is 0.695. The molecule has 16 heavy (non-hydrogen) atoms. The first-order chi connectivity index (χ1) is 7.83. The van der Waals surface area contributed by atoms with Crippen molar-refractivity contribution in [2.24, 2.45) is 0 Å². The maximum absolute atomic E-state index is 2.38. The second kappa shape index (κ2) is 3.62. The molecule has 0 heteroatoms. The van der Waals surface area contributed by atoms with E-state index in [9.17, 15) is 0 Å². The Kier molecular flexibility index (Phi) is 2.24. The summed E-state index contributed by atoms with van der Waals surface area (Å²) in [6, 6.07) is 13.5. The smallest absolute Gasteiger partial charge is 0.00894 e. The Balaban J connectivity index is 2.27. The summed E-state index contributed by atoms with van der Waals surface area (Å²) >= 11 is 0. The molecule has 0 nitrogen and oxygen atoms in total. The molecule has 0 radical (unpaired) electrons. The summed E-state index contributed by atoms with van der Waals surface area (Å²) in [5.74, 6) is 1.44. The predicted molar refractivity (Wildman–Crippen MR) is 70.0 cm³/mol. The summed E-state index contributed by atoms with van der Waals surface area (Å²) < 4.78 is 0. The molecule has 1 aliphatic carbocycles. The van der Waals surface area contributed by atoms with Crippen LogP contribution >= 0.6 is 0 Å². The van der Waals surface area contributed by atoms with Gasteiger partial charge in [0, 0.05) is 0 Å². The van der Waals surface area contributed by atoms with Gasteiger partial charge in [0.15, 0.2) is 0 Å². The molecule has 0 fully saturated rings. The van der Waals surface area contributed by atoms with Gasteiger partial charge >= 0.3 is 0 Å². The summed E-state index contributed by atoms with van der Waals surface area (Å²) in [6.07, 6.45) is 2.59. The quantitative estimate of drug-likeness (QED) is 0.665. The molecule has 3 rings (SSSR count). The number of benzene rings is 2. The highest BCUT2D eigenvalue weighted by Gasteiger charge is 2.29. The highest BCUT2D eigenvalue weighted by molar-refractivity contribution is 5.92. The molecule has 0 aliphatic heterocycles. The molecular weight excluding hydrogens is 192 g/mol. The Hall–Kier alpha value is -1.30. The normalized spacial score (nSPS) is 22.9. The van der Waals surface area contributed by atoms with Crippen molar-refractivity contribution in [1.29, 1.82) is 0 Å². The fourth-order valence-electron chi connectivity index (χ4n) is 3.29. The van der Waals surface area contributed by atoms with Gasteiger partial charge in [-0.05, 0) is 40.2 Å². The van der Waals surface area contributed by atoms with Crippen LogP contribution in [-0.4, -0.2) is 0 Å². The van der Waals surface area contributed by atoms with Gasteiger partial charge in [-0.15, -0.1) is 0 Å². The zero-order valence-corrected chi connectivity index (χ0v) is 10.0. The van der Waals surface area contributed by atoms with Crippen LogP contribution in [0.3, 0.4) is 0 Å². The van der Waals surface area contributed by atoms with Gasteiger partial charge in [-0.1, -0.05) is 56.7 Å². The van der Waals surface area contributed by atoms with Crippen molar-refractivity contribution in [1.82, 2.24) is 0 Å². The second-order valence-corrected chi connectivity index (χ2v) is 4.98. The monoisotopic (exact) mass is 210 g/mol. The lowest BCUT2D eigenvalue weighted by atomic mass is 9.88. The highest BCUT2D eigenvalue weighted by atomic mass is 14.3. The minimum Gasteiger partial charge on any atom is -0.0654 e. The van der Waals surface area contributed by atoms with Gasteiger partial charge in [0.1, 0.15) is 0 Å². The van der Waals surface area contributed by atoms with Crippen molar-refractivity contribution < 1.29 is 0 Å². The van der Waals surface area contributed by atoms with Crippen LogP contribution in [0.25, 0.3) is 10.8 Å². The first-order valence-electron chi connectivity index (χ1n) is 6.34. The average molecular weight is 210 g/mol. The molecule has 0 amide bonds. The van der Waals surface area contributed by atoms with E-state index in [4.69, 9.17) is 0 Å². The van der Waals surface area contributed by atoms with Gasteiger partial charge in [-0.3, -0.25) is 0 Å². The van der Waals surface area contributed by atoms with Gasteiger partial charge in [0.05, 0.1) is 0 Å². The predicted octanol–water partition coefficient (Wildman–Crippen LogP) is 4.84. The summed E-state index contributed by atoms with van der Waals surface area (Å²) in [5, 5.41) is 2.96. The summed E-state index contributed by atoms with van der Waals surface area (Å²) in [6.45, 7) is 4.67. The van der Waals surface area contributed by atoms with E-state index in [1.165, 1.54) is 23.6 Å². The molecule has 0 bridgehead atoms. The molecule has 0 aromatic heterocycles. The third-order valence-corrected chi connectivity index (χ3v) is 4.06. The summed E-state index contributed by atoms with van der Waals surface area (Å²) in [7, 11) is 0. The van der Waals surface area contributed by atoms with E-state index in [2.05, 4.69) is 50.2 Å². The first-order valence-corrected chi connectivity index (χ1v) is 6.34. The second-order valence-electron chi connectivity index (χ2n) is 4.98. The first kappa shape index (κ1) is 9.89. The Morgan fingerprint density at radius 1 is 1.00 bits per heavy atom. The van der Waals surface area contributed by atoms with Crippen LogP contribution in [0.2, 0.25) is 0 Å². The molecular formula is C16H18. The van der Waals surface area contributed by atoms with E-state index < -0.39 is 0 Å². The lowest BCUT2D eigenvalue weighted by Crippen LogP contribution is -2.00. The van der Waals surface area contributed by atoms with Gasteiger partial charge in [0.25, 0.3) is 0 Å². The van der Waals surface area contributed by atoms with Crippen molar-refractivity contribution in [2.45, 2.75) is 38.5 Å². The van der Waals surface area contributed by atoms with Crippen molar-refractivity contribution >= 4 is 10.8 Å². The highest BCUT2D eigenvalue weighted by Crippen LogP contribution is 2.48. The molecule has 0 spiro atoms. The van der Waals surface area contributed by atoms with Crippen molar-refractivity contribution in [3.63, 3.8) is 0 Å². The molecule has 0 heterocycles. The van der Waals surface area contributed by atoms with Crippen LogP contribution in [0.1, 0.15) is 49.7 Å². The Morgan fingerprint density at radius 2 is 1.69 bits per heavy atom. The fourth-order valence-corrected chi connectivity index (χ4v) is 3.29. The molecule has 0 saturated carbocycles. The van der Waals surface area contributed by atoms with Crippen molar-refractivity contribution in [2.75, 3.05) is 0 Å². The number of rotatable bonds is 2. The lowest BCUT2D eigenvalue weighted by molar-refractivity contribution is 0.550. The maximum Gasteiger partial charge on any atom is -0.00894 e. The number of hydrogen-bond donors (Lipinski definition) is 0.